The van der Waals surface area contributed by atoms with Crippen molar-refractivity contribution in [1.82, 2.24) is 4.98 Å². The van der Waals surface area contributed by atoms with Crippen LogP contribution >= 0.6 is 0 Å². The second kappa shape index (κ2) is 7.51. The zero-order valence-electron chi connectivity index (χ0n) is 16.8. The number of para-hydroxylation sites is 2. The fourth-order valence-corrected chi connectivity index (χ4v) is 3.87. The van der Waals surface area contributed by atoms with Crippen LogP contribution in [0.2, 0.25) is 0 Å². The van der Waals surface area contributed by atoms with E-state index in [1.54, 1.807) is 23.1 Å². The molecule has 0 spiro atoms. The van der Waals surface area contributed by atoms with Gasteiger partial charge in [-0.15, -0.1) is 0 Å². The molecule has 1 aromatic heterocycles. The Hall–Kier alpha value is -3.47. The number of hydrogen-bond acceptors (Lipinski definition) is 3. The molecule has 0 aliphatic carbocycles. The van der Waals surface area contributed by atoms with Gasteiger partial charge >= 0.3 is 0 Å². The van der Waals surface area contributed by atoms with E-state index in [1.165, 1.54) is 0 Å². The van der Waals surface area contributed by atoms with E-state index in [4.69, 9.17) is 0 Å². The number of pyridine rings is 1. The topological polar surface area (TPSA) is 62.3 Å². The zero-order valence-corrected chi connectivity index (χ0v) is 16.8. The molecule has 3 aromatic rings. The summed E-state index contributed by atoms with van der Waals surface area (Å²) in [4.78, 5) is 32.1. The third-order valence-electron chi connectivity index (χ3n) is 5.35. The van der Waals surface area contributed by atoms with Crippen molar-refractivity contribution in [2.24, 2.45) is 0 Å². The first-order valence-electron chi connectivity index (χ1n) is 9.72. The Morgan fingerprint density at radius 3 is 2.34 bits per heavy atom. The molecule has 0 saturated heterocycles. The first kappa shape index (κ1) is 18.9. The van der Waals surface area contributed by atoms with Crippen LogP contribution in [0.5, 0.6) is 0 Å². The van der Waals surface area contributed by atoms with E-state index in [1.807, 2.05) is 63.2 Å². The normalized spacial score (nSPS) is 15.1. The zero-order chi connectivity index (χ0) is 20.5. The Morgan fingerprint density at radius 1 is 0.931 bits per heavy atom. The highest BCUT2D eigenvalue weighted by Crippen LogP contribution is 2.32. The lowest BCUT2D eigenvalue weighted by Crippen LogP contribution is -2.36. The molecule has 4 rings (SSSR count). The van der Waals surface area contributed by atoms with Crippen molar-refractivity contribution in [2.75, 3.05) is 10.2 Å². The van der Waals surface area contributed by atoms with Crippen LogP contribution in [0.1, 0.15) is 44.6 Å². The van der Waals surface area contributed by atoms with Gasteiger partial charge in [0, 0.05) is 17.4 Å². The van der Waals surface area contributed by atoms with Crippen LogP contribution in [0.3, 0.4) is 0 Å². The van der Waals surface area contributed by atoms with Crippen molar-refractivity contribution in [1.29, 1.82) is 0 Å². The maximum atomic E-state index is 13.2. The molecule has 2 heterocycles. The molecule has 1 aliphatic heterocycles. The van der Waals surface area contributed by atoms with E-state index >= 15 is 0 Å². The minimum absolute atomic E-state index is 0.0498. The molecular formula is C24H23N3O2. The fourth-order valence-electron chi connectivity index (χ4n) is 3.87. The number of nitrogens with one attached hydrogen (secondary N) is 1. The largest absolute Gasteiger partial charge is 0.320 e. The van der Waals surface area contributed by atoms with Crippen LogP contribution in [-0.4, -0.2) is 22.8 Å². The maximum Gasteiger partial charge on any atom is 0.277 e. The van der Waals surface area contributed by atoms with Crippen LogP contribution in [0.15, 0.2) is 60.7 Å². The number of aromatic nitrogens is 1. The Morgan fingerprint density at radius 2 is 1.59 bits per heavy atom. The lowest BCUT2D eigenvalue weighted by Gasteiger charge is -2.22. The van der Waals surface area contributed by atoms with Gasteiger partial charge < -0.3 is 10.2 Å². The second-order valence-corrected chi connectivity index (χ2v) is 7.49. The predicted octanol–water partition coefficient (Wildman–Crippen LogP) is 4.54. The van der Waals surface area contributed by atoms with Crippen molar-refractivity contribution in [2.45, 2.75) is 33.2 Å². The number of benzene rings is 2. The molecule has 0 fully saturated rings. The molecule has 1 aliphatic rings. The van der Waals surface area contributed by atoms with Crippen molar-refractivity contribution >= 4 is 23.2 Å². The van der Waals surface area contributed by atoms with E-state index in [0.29, 0.717) is 0 Å². The summed E-state index contributed by atoms with van der Waals surface area (Å²) >= 11 is 0. The summed E-state index contributed by atoms with van der Waals surface area (Å²) in [7, 11) is 0. The quantitative estimate of drug-likeness (QED) is 0.720. The molecule has 2 aromatic carbocycles. The maximum absolute atomic E-state index is 13.2. The van der Waals surface area contributed by atoms with Gasteiger partial charge in [-0.25, -0.2) is 4.98 Å². The van der Waals surface area contributed by atoms with E-state index in [0.717, 1.165) is 34.5 Å². The summed E-state index contributed by atoms with van der Waals surface area (Å²) in [6, 6.07) is 18.8. The number of carbonyl (C=O) groups is 2. The number of fused-ring (bicyclic) bond motifs is 1. The Kier molecular flexibility index (Phi) is 4.89. The molecule has 1 atom stereocenters. The van der Waals surface area contributed by atoms with Crippen molar-refractivity contribution < 1.29 is 9.59 Å². The van der Waals surface area contributed by atoms with E-state index in [2.05, 4.69) is 10.3 Å². The number of anilines is 2. The number of carbonyl (C=O) groups excluding carboxylic acids is 2. The van der Waals surface area contributed by atoms with Gasteiger partial charge in [-0.1, -0.05) is 42.5 Å². The highest BCUT2D eigenvalue weighted by Gasteiger charge is 2.32. The smallest absolute Gasteiger partial charge is 0.277 e. The highest BCUT2D eigenvalue weighted by molar-refractivity contribution is 6.08. The van der Waals surface area contributed by atoms with Crippen LogP contribution in [0.4, 0.5) is 11.4 Å². The molecule has 29 heavy (non-hydrogen) atoms. The van der Waals surface area contributed by atoms with Crippen molar-refractivity contribution in [3.63, 3.8) is 0 Å². The van der Waals surface area contributed by atoms with E-state index in [-0.39, 0.29) is 29.2 Å². The molecule has 2 amide bonds. The van der Waals surface area contributed by atoms with Crippen molar-refractivity contribution in [3.05, 3.63) is 88.7 Å². The first-order valence-corrected chi connectivity index (χ1v) is 9.72. The number of hydrogen-bond donors (Lipinski definition) is 1. The molecule has 5 heteroatoms. The van der Waals surface area contributed by atoms with Gasteiger partial charge in [0.25, 0.3) is 11.8 Å². The van der Waals surface area contributed by atoms with E-state index in [9.17, 15) is 9.59 Å². The molecule has 5 nitrogen and oxygen atoms in total. The Bertz CT molecular complexity index is 1090. The average molecular weight is 385 g/mol. The summed E-state index contributed by atoms with van der Waals surface area (Å²) < 4.78 is 0. The average Bonchev–Trinajstić information content (AvgIpc) is 3.06. The standard InChI is InChI=1S/C24H23N3O2/c1-15-8-6-9-16(2)22(15)26-23(28)19-11-7-12-20(25-19)24(29)27-17(3)14-18-10-4-5-13-21(18)27/h4-13,17H,14H2,1-3H3,(H,26,28). The van der Waals surface area contributed by atoms with Gasteiger partial charge in [0.1, 0.15) is 11.4 Å². The fraction of sp³-hybridized carbons (Fsp3) is 0.208. The van der Waals surface area contributed by atoms with Crippen LogP contribution in [0, 0.1) is 13.8 Å². The summed E-state index contributed by atoms with van der Waals surface area (Å²) in [5.41, 5.74) is 5.29. The van der Waals surface area contributed by atoms with E-state index < -0.39 is 0 Å². The van der Waals surface area contributed by atoms with Crippen LogP contribution in [-0.2, 0) is 6.42 Å². The number of nitrogens with zero attached hydrogens (tertiary/aromatic N) is 2. The molecule has 0 bridgehead atoms. The third kappa shape index (κ3) is 3.51. The minimum Gasteiger partial charge on any atom is -0.320 e. The van der Waals surface area contributed by atoms with Gasteiger partial charge in [-0.05, 0) is 62.1 Å². The minimum atomic E-state index is -0.327. The monoisotopic (exact) mass is 385 g/mol. The van der Waals surface area contributed by atoms with Gasteiger partial charge in [0.15, 0.2) is 0 Å². The number of rotatable bonds is 3. The van der Waals surface area contributed by atoms with Gasteiger partial charge in [0.2, 0.25) is 0 Å². The van der Waals surface area contributed by atoms with Gasteiger partial charge in [-0.2, -0.15) is 0 Å². The number of aryl methyl sites for hydroxylation is 2. The SMILES string of the molecule is Cc1cccc(C)c1NC(=O)c1cccc(C(=O)N2c3ccccc3CC2C)n1. The molecule has 1 unspecified atom stereocenters. The molecule has 1 N–H and O–H groups in total. The summed E-state index contributed by atoms with van der Waals surface area (Å²) in [6.45, 7) is 5.92. The third-order valence-corrected chi connectivity index (χ3v) is 5.35. The lowest BCUT2D eigenvalue weighted by atomic mass is 10.1. The molecular weight excluding hydrogens is 362 g/mol. The molecule has 0 radical (unpaired) electrons. The summed E-state index contributed by atoms with van der Waals surface area (Å²) in [6.07, 6.45) is 0.814. The number of amides is 2. The van der Waals surface area contributed by atoms with Gasteiger partial charge in [0.05, 0.1) is 0 Å². The van der Waals surface area contributed by atoms with Crippen molar-refractivity contribution in [3.8, 4) is 0 Å². The highest BCUT2D eigenvalue weighted by atomic mass is 16.2. The predicted molar refractivity (Wildman–Crippen MR) is 115 cm³/mol. The first-order chi connectivity index (χ1) is 14.0. The summed E-state index contributed by atoms with van der Waals surface area (Å²) in [5, 5.41) is 2.93. The van der Waals surface area contributed by atoms with Gasteiger partial charge in [-0.3, -0.25) is 9.59 Å². The second-order valence-electron chi connectivity index (χ2n) is 7.49. The summed E-state index contributed by atoms with van der Waals surface area (Å²) in [5.74, 6) is -0.518. The van der Waals surface area contributed by atoms with Crippen LogP contribution < -0.4 is 10.2 Å². The molecule has 146 valence electrons. The lowest BCUT2D eigenvalue weighted by molar-refractivity contribution is 0.0976. The molecule has 0 saturated carbocycles. The Balaban J connectivity index is 1.61. The van der Waals surface area contributed by atoms with Crippen LogP contribution in [0.25, 0.3) is 0 Å². The Labute approximate surface area is 170 Å².